The fourth-order valence-electron chi connectivity index (χ4n) is 3.57. The second kappa shape index (κ2) is 11.8. The van der Waals surface area contributed by atoms with Gasteiger partial charge in [-0.3, -0.25) is 9.10 Å². The molecule has 8 nitrogen and oxygen atoms in total. The first kappa shape index (κ1) is 27.6. The van der Waals surface area contributed by atoms with Gasteiger partial charge in [0.1, 0.15) is 29.0 Å². The number of aliphatic hydroxyl groups is 1. The van der Waals surface area contributed by atoms with Gasteiger partial charge in [-0.05, 0) is 43.3 Å². The molecule has 0 spiro atoms. The summed E-state index contributed by atoms with van der Waals surface area (Å²) in [6.45, 7) is 0.988. The molecule has 192 valence electrons. The second-order valence-corrected chi connectivity index (χ2v) is 10.1. The van der Waals surface area contributed by atoms with E-state index in [1.807, 2.05) is 0 Å². The van der Waals surface area contributed by atoms with Gasteiger partial charge in [0, 0.05) is 27.2 Å². The number of methoxy groups -OCH3 is 2. The Balaban J connectivity index is 2.24. The van der Waals surface area contributed by atoms with Crippen LogP contribution in [-0.4, -0.2) is 46.9 Å². The predicted molar refractivity (Wildman–Crippen MR) is 138 cm³/mol. The molecule has 0 fully saturated rings. The lowest BCUT2D eigenvalue weighted by Gasteiger charge is -2.28. The number of esters is 1. The number of ether oxygens (including phenoxy) is 3. The maximum atomic E-state index is 14.0. The molecule has 11 heteroatoms. The van der Waals surface area contributed by atoms with Crippen molar-refractivity contribution in [3.63, 3.8) is 0 Å². The third-order valence-electron chi connectivity index (χ3n) is 5.27. The summed E-state index contributed by atoms with van der Waals surface area (Å²) in [5, 5.41) is 11.8. The maximum Gasteiger partial charge on any atom is 0.326 e. The third kappa shape index (κ3) is 5.87. The summed E-state index contributed by atoms with van der Waals surface area (Å²) in [6, 6.07) is 15.1. The summed E-state index contributed by atoms with van der Waals surface area (Å²) in [6.07, 6.45) is -1.36. The number of anilines is 1. The van der Waals surface area contributed by atoms with Crippen molar-refractivity contribution in [1.29, 1.82) is 0 Å². The third-order valence-corrected chi connectivity index (χ3v) is 7.65. The van der Waals surface area contributed by atoms with Crippen molar-refractivity contribution in [2.24, 2.45) is 0 Å². The quantitative estimate of drug-likeness (QED) is 0.358. The molecular formula is C25H25Cl2NO7S. The number of halogens is 2. The van der Waals surface area contributed by atoms with Gasteiger partial charge in [-0.2, -0.15) is 0 Å². The summed E-state index contributed by atoms with van der Waals surface area (Å²) >= 11 is 12.5. The van der Waals surface area contributed by atoms with Crippen molar-refractivity contribution < 1.29 is 32.5 Å². The number of rotatable bonds is 10. The zero-order chi connectivity index (χ0) is 26.5. The standard InChI is InChI=1S/C25H25Cl2NO7S/c1-4-35-24(29)15-28(36(31,32)23-12-10-17(33-2)14-22(23)34-3)21-11-9-16(26)13-19(21)25(30)18-7-5-6-8-20(18)27/h5-14,25,30H,4,15H2,1-3H3. The van der Waals surface area contributed by atoms with Crippen LogP contribution in [0.1, 0.15) is 24.2 Å². The molecule has 0 aromatic heterocycles. The topological polar surface area (TPSA) is 102 Å². The second-order valence-electron chi connectivity index (χ2n) is 7.46. The van der Waals surface area contributed by atoms with Gasteiger partial charge >= 0.3 is 5.97 Å². The summed E-state index contributed by atoms with van der Waals surface area (Å²) in [5.41, 5.74) is 0.465. The molecule has 36 heavy (non-hydrogen) atoms. The Labute approximate surface area is 220 Å². The van der Waals surface area contributed by atoms with Crippen LogP contribution in [0.15, 0.2) is 65.6 Å². The zero-order valence-corrected chi connectivity index (χ0v) is 22.1. The number of nitrogens with zero attached hydrogens (tertiary/aromatic N) is 1. The smallest absolute Gasteiger partial charge is 0.326 e. The highest BCUT2D eigenvalue weighted by molar-refractivity contribution is 7.93. The molecule has 3 aromatic carbocycles. The largest absolute Gasteiger partial charge is 0.497 e. The van der Waals surface area contributed by atoms with E-state index < -0.39 is 28.6 Å². The van der Waals surface area contributed by atoms with Gasteiger partial charge in [-0.15, -0.1) is 0 Å². The first-order valence-electron chi connectivity index (χ1n) is 10.8. The highest BCUT2D eigenvalue weighted by Crippen LogP contribution is 2.39. The van der Waals surface area contributed by atoms with Crippen molar-refractivity contribution in [3.8, 4) is 11.5 Å². The SMILES string of the molecule is CCOC(=O)CN(c1ccc(Cl)cc1C(O)c1ccccc1Cl)S(=O)(=O)c1ccc(OC)cc1OC. The molecule has 0 aliphatic carbocycles. The first-order chi connectivity index (χ1) is 17.1. The van der Waals surface area contributed by atoms with E-state index in [1.165, 1.54) is 50.6 Å². The Morgan fingerprint density at radius 3 is 2.36 bits per heavy atom. The van der Waals surface area contributed by atoms with E-state index in [0.717, 1.165) is 4.31 Å². The Morgan fingerprint density at radius 1 is 1.00 bits per heavy atom. The molecule has 0 amide bonds. The maximum absolute atomic E-state index is 14.0. The van der Waals surface area contributed by atoms with E-state index >= 15 is 0 Å². The van der Waals surface area contributed by atoms with Gasteiger partial charge < -0.3 is 19.3 Å². The number of carbonyl (C=O) groups excluding carboxylic acids is 1. The number of aliphatic hydroxyl groups excluding tert-OH is 1. The zero-order valence-electron chi connectivity index (χ0n) is 19.8. The van der Waals surface area contributed by atoms with Crippen molar-refractivity contribution in [2.75, 3.05) is 31.7 Å². The predicted octanol–water partition coefficient (Wildman–Crippen LogP) is 4.85. The summed E-state index contributed by atoms with van der Waals surface area (Å²) in [4.78, 5) is 12.3. The van der Waals surface area contributed by atoms with Crippen molar-refractivity contribution in [2.45, 2.75) is 17.9 Å². The lowest BCUT2D eigenvalue weighted by atomic mass is 9.99. The Bertz CT molecular complexity index is 1350. The Hall–Kier alpha value is -2.98. The fraction of sp³-hybridized carbons (Fsp3) is 0.240. The molecule has 1 unspecified atom stereocenters. The molecule has 3 rings (SSSR count). The molecule has 0 saturated heterocycles. The number of carbonyl (C=O) groups is 1. The van der Waals surface area contributed by atoms with Gasteiger partial charge in [0.15, 0.2) is 0 Å². The Kier molecular flexibility index (Phi) is 9.08. The minimum atomic E-state index is -4.43. The molecule has 3 aromatic rings. The number of hydrogen-bond acceptors (Lipinski definition) is 7. The van der Waals surface area contributed by atoms with Crippen LogP contribution in [0.3, 0.4) is 0 Å². The van der Waals surface area contributed by atoms with Crippen LogP contribution in [-0.2, 0) is 19.6 Å². The summed E-state index contributed by atoms with van der Waals surface area (Å²) in [7, 11) is -1.68. The Morgan fingerprint density at radius 2 is 1.72 bits per heavy atom. The summed E-state index contributed by atoms with van der Waals surface area (Å²) in [5.74, 6) is -0.406. The molecule has 0 saturated carbocycles. The minimum Gasteiger partial charge on any atom is -0.497 e. The van der Waals surface area contributed by atoms with E-state index in [9.17, 15) is 18.3 Å². The van der Waals surface area contributed by atoms with Crippen LogP contribution in [0.4, 0.5) is 5.69 Å². The molecule has 0 bridgehead atoms. The fourth-order valence-corrected chi connectivity index (χ4v) is 5.56. The lowest BCUT2D eigenvalue weighted by molar-refractivity contribution is -0.141. The monoisotopic (exact) mass is 553 g/mol. The molecular weight excluding hydrogens is 529 g/mol. The normalized spacial score (nSPS) is 12.1. The van der Waals surface area contributed by atoms with Gasteiger partial charge in [0.05, 0.1) is 26.5 Å². The highest BCUT2D eigenvalue weighted by atomic mass is 35.5. The van der Waals surface area contributed by atoms with E-state index in [0.29, 0.717) is 11.3 Å². The molecule has 1 N–H and O–H groups in total. The van der Waals surface area contributed by atoms with Crippen molar-refractivity contribution in [3.05, 3.63) is 81.8 Å². The van der Waals surface area contributed by atoms with Crippen LogP contribution in [0.25, 0.3) is 0 Å². The number of hydrogen-bond donors (Lipinski definition) is 1. The average Bonchev–Trinajstić information content (AvgIpc) is 2.87. The van der Waals surface area contributed by atoms with E-state index in [-0.39, 0.29) is 38.5 Å². The molecule has 0 heterocycles. The van der Waals surface area contributed by atoms with Crippen LogP contribution < -0.4 is 13.8 Å². The van der Waals surface area contributed by atoms with E-state index in [1.54, 1.807) is 31.2 Å². The molecule has 0 radical (unpaired) electrons. The highest BCUT2D eigenvalue weighted by Gasteiger charge is 2.33. The molecule has 0 aliphatic rings. The van der Waals surface area contributed by atoms with Crippen molar-refractivity contribution >= 4 is 44.9 Å². The van der Waals surface area contributed by atoms with Gasteiger partial charge in [0.25, 0.3) is 10.0 Å². The van der Waals surface area contributed by atoms with Crippen LogP contribution in [0.5, 0.6) is 11.5 Å². The number of sulfonamides is 1. The lowest BCUT2D eigenvalue weighted by Crippen LogP contribution is -2.37. The van der Waals surface area contributed by atoms with Crippen molar-refractivity contribution in [1.82, 2.24) is 0 Å². The number of benzene rings is 3. The minimum absolute atomic E-state index is 0.00498. The van der Waals surface area contributed by atoms with E-state index in [4.69, 9.17) is 37.4 Å². The average molecular weight is 554 g/mol. The molecule has 0 aliphatic heterocycles. The van der Waals surface area contributed by atoms with Gasteiger partial charge in [0.2, 0.25) is 0 Å². The van der Waals surface area contributed by atoms with Crippen LogP contribution >= 0.6 is 23.2 Å². The first-order valence-corrected chi connectivity index (χ1v) is 13.0. The van der Waals surface area contributed by atoms with E-state index in [2.05, 4.69) is 0 Å². The summed E-state index contributed by atoms with van der Waals surface area (Å²) < 4.78 is 44.3. The van der Waals surface area contributed by atoms with Crippen LogP contribution in [0.2, 0.25) is 10.0 Å². The van der Waals surface area contributed by atoms with Gasteiger partial charge in [-0.1, -0.05) is 41.4 Å². The van der Waals surface area contributed by atoms with Crippen LogP contribution in [0, 0.1) is 0 Å². The molecule has 1 atom stereocenters. The van der Waals surface area contributed by atoms with Gasteiger partial charge in [-0.25, -0.2) is 8.42 Å².